The van der Waals surface area contributed by atoms with E-state index in [9.17, 15) is 4.79 Å². The maximum absolute atomic E-state index is 11.6. The Morgan fingerprint density at radius 2 is 2.25 bits per heavy atom. The summed E-state index contributed by atoms with van der Waals surface area (Å²) in [6.45, 7) is 1.90. The van der Waals surface area contributed by atoms with E-state index in [4.69, 9.17) is 26.3 Å². The van der Waals surface area contributed by atoms with Crippen LogP contribution in [-0.4, -0.2) is 19.7 Å². The number of nitriles is 1. The van der Waals surface area contributed by atoms with Crippen LogP contribution in [0.25, 0.3) is 0 Å². The van der Waals surface area contributed by atoms with Gasteiger partial charge in [-0.05, 0) is 19.1 Å². The van der Waals surface area contributed by atoms with Crippen molar-refractivity contribution in [3.63, 3.8) is 0 Å². The molecule has 0 amide bonds. The van der Waals surface area contributed by atoms with Gasteiger partial charge in [0.05, 0.1) is 24.3 Å². The summed E-state index contributed by atoms with van der Waals surface area (Å²) in [4.78, 5) is 11.6. The molecular weight excluding hydrogens is 230 g/mol. The summed E-state index contributed by atoms with van der Waals surface area (Å²) in [6, 6.07) is 4.85. The van der Waals surface area contributed by atoms with Crippen LogP contribution in [0, 0.1) is 11.3 Å². The molecule has 0 atom stereocenters. The molecule has 0 aliphatic rings. The second-order valence-corrected chi connectivity index (χ2v) is 3.24. The fourth-order valence-electron chi connectivity index (χ4n) is 1.26. The molecule has 0 unspecified atom stereocenters. The van der Waals surface area contributed by atoms with E-state index in [-0.39, 0.29) is 28.5 Å². The maximum Gasteiger partial charge on any atom is 0.343 e. The SMILES string of the molecule is CCOC(=O)c1c(C#N)ccc(Cl)c1OC. The third kappa shape index (κ3) is 2.26. The van der Waals surface area contributed by atoms with Crippen molar-refractivity contribution in [3.05, 3.63) is 28.3 Å². The van der Waals surface area contributed by atoms with E-state index in [0.717, 1.165) is 0 Å². The molecule has 0 saturated carbocycles. The Balaban J connectivity index is 3.37. The molecular formula is C11H10ClNO3. The van der Waals surface area contributed by atoms with Crippen molar-refractivity contribution in [2.75, 3.05) is 13.7 Å². The van der Waals surface area contributed by atoms with E-state index >= 15 is 0 Å². The summed E-state index contributed by atoms with van der Waals surface area (Å²) >= 11 is 5.86. The number of methoxy groups -OCH3 is 1. The average molecular weight is 240 g/mol. The molecule has 1 aromatic carbocycles. The van der Waals surface area contributed by atoms with E-state index in [1.807, 2.05) is 6.07 Å². The second-order valence-electron chi connectivity index (χ2n) is 2.84. The zero-order valence-electron chi connectivity index (χ0n) is 8.91. The molecule has 1 aromatic rings. The highest BCUT2D eigenvalue weighted by molar-refractivity contribution is 6.32. The van der Waals surface area contributed by atoms with Crippen molar-refractivity contribution in [1.29, 1.82) is 5.26 Å². The number of rotatable bonds is 3. The van der Waals surface area contributed by atoms with Gasteiger partial charge in [-0.1, -0.05) is 11.6 Å². The van der Waals surface area contributed by atoms with Gasteiger partial charge in [-0.25, -0.2) is 4.79 Å². The van der Waals surface area contributed by atoms with Crippen LogP contribution in [0.5, 0.6) is 5.75 Å². The summed E-state index contributed by atoms with van der Waals surface area (Å²) in [5, 5.41) is 9.16. The summed E-state index contributed by atoms with van der Waals surface area (Å²) in [7, 11) is 1.38. The summed E-state index contributed by atoms with van der Waals surface area (Å²) < 4.78 is 9.84. The lowest BCUT2D eigenvalue weighted by molar-refractivity contribution is 0.0522. The van der Waals surface area contributed by atoms with Crippen molar-refractivity contribution >= 4 is 17.6 Å². The van der Waals surface area contributed by atoms with Crippen molar-refractivity contribution in [2.24, 2.45) is 0 Å². The molecule has 0 spiro atoms. The Morgan fingerprint density at radius 3 is 2.75 bits per heavy atom. The van der Waals surface area contributed by atoms with E-state index in [1.165, 1.54) is 19.2 Å². The highest BCUT2D eigenvalue weighted by atomic mass is 35.5. The van der Waals surface area contributed by atoms with Crippen LogP contribution in [0.15, 0.2) is 12.1 Å². The predicted octanol–water partition coefficient (Wildman–Crippen LogP) is 2.40. The maximum atomic E-state index is 11.6. The zero-order valence-corrected chi connectivity index (χ0v) is 9.67. The molecule has 1 rings (SSSR count). The highest BCUT2D eigenvalue weighted by Crippen LogP contribution is 2.31. The lowest BCUT2D eigenvalue weighted by Gasteiger charge is -2.10. The van der Waals surface area contributed by atoms with Crippen LogP contribution in [-0.2, 0) is 4.74 Å². The molecule has 0 aromatic heterocycles. The topological polar surface area (TPSA) is 59.3 Å². The first kappa shape index (κ1) is 12.3. The summed E-state index contributed by atoms with van der Waals surface area (Å²) in [5.74, 6) is -0.447. The van der Waals surface area contributed by atoms with E-state index in [0.29, 0.717) is 0 Å². The van der Waals surface area contributed by atoms with Gasteiger partial charge in [-0.2, -0.15) is 5.26 Å². The zero-order chi connectivity index (χ0) is 12.1. The quantitative estimate of drug-likeness (QED) is 0.760. The van der Waals surface area contributed by atoms with Gasteiger partial charge < -0.3 is 9.47 Å². The average Bonchev–Trinajstić information content (AvgIpc) is 2.28. The Labute approximate surface area is 98.3 Å². The van der Waals surface area contributed by atoms with Crippen LogP contribution in [0.3, 0.4) is 0 Å². The number of carbonyl (C=O) groups excluding carboxylic acids is 1. The number of nitrogens with zero attached hydrogens (tertiary/aromatic N) is 1. The minimum atomic E-state index is -0.613. The summed E-state index contributed by atoms with van der Waals surface area (Å²) in [5.41, 5.74) is 0.249. The number of ether oxygens (including phenoxy) is 2. The third-order valence-corrected chi connectivity index (χ3v) is 2.21. The molecule has 0 aliphatic heterocycles. The Hall–Kier alpha value is -1.73. The molecule has 0 radical (unpaired) electrons. The number of esters is 1. The molecule has 0 heterocycles. The molecule has 0 saturated heterocycles. The minimum Gasteiger partial charge on any atom is -0.494 e. The molecule has 16 heavy (non-hydrogen) atoms. The second kappa shape index (κ2) is 5.38. The summed E-state index contributed by atoms with van der Waals surface area (Å²) in [6.07, 6.45) is 0. The smallest absolute Gasteiger partial charge is 0.343 e. The Kier molecular flexibility index (Phi) is 4.15. The normalized spacial score (nSPS) is 9.38. The molecule has 0 bridgehead atoms. The van der Waals surface area contributed by atoms with Crippen LogP contribution in [0.4, 0.5) is 0 Å². The molecule has 0 aliphatic carbocycles. The standard InChI is InChI=1S/C11H10ClNO3/c1-3-16-11(14)9-7(6-13)4-5-8(12)10(9)15-2/h4-5H,3H2,1-2H3. The fraction of sp³-hybridized carbons (Fsp3) is 0.273. The first-order valence-electron chi connectivity index (χ1n) is 4.59. The van der Waals surface area contributed by atoms with Crippen molar-refractivity contribution in [2.45, 2.75) is 6.92 Å². The van der Waals surface area contributed by atoms with Crippen molar-refractivity contribution < 1.29 is 14.3 Å². The van der Waals surface area contributed by atoms with Gasteiger partial charge in [-0.3, -0.25) is 0 Å². The number of benzene rings is 1. The predicted molar refractivity (Wildman–Crippen MR) is 58.7 cm³/mol. The fourth-order valence-corrected chi connectivity index (χ4v) is 1.49. The van der Waals surface area contributed by atoms with Gasteiger partial charge in [-0.15, -0.1) is 0 Å². The monoisotopic (exact) mass is 239 g/mol. The lowest BCUT2D eigenvalue weighted by Crippen LogP contribution is -2.09. The highest BCUT2D eigenvalue weighted by Gasteiger charge is 2.21. The molecule has 5 heteroatoms. The Morgan fingerprint density at radius 1 is 1.56 bits per heavy atom. The van der Waals surface area contributed by atoms with Crippen LogP contribution in [0.1, 0.15) is 22.8 Å². The Bertz CT molecular complexity index is 451. The number of hydrogen-bond donors (Lipinski definition) is 0. The van der Waals surface area contributed by atoms with E-state index in [2.05, 4.69) is 0 Å². The van der Waals surface area contributed by atoms with Crippen molar-refractivity contribution in [1.82, 2.24) is 0 Å². The number of halogens is 1. The van der Waals surface area contributed by atoms with Crippen LogP contribution < -0.4 is 4.74 Å². The first-order valence-corrected chi connectivity index (χ1v) is 4.97. The van der Waals surface area contributed by atoms with Gasteiger partial charge in [0.15, 0.2) is 5.75 Å². The number of hydrogen-bond acceptors (Lipinski definition) is 4. The number of carbonyl (C=O) groups is 1. The largest absolute Gasteiger partial charge is 0.494 e. The minimum absolute atomic E-state index is 0.0688. The van der Waals surface area contributed by atoms with Gasteiger partial charge >= 0.3 is 5.97 Å². The van der Waals surface area contributed by atoms with E-state index < -0.39 is 5.97 Å². The van der Waals surface area contributed by atoms with Gasteiger partial charge in [0.1, 0.15) is 11.6 Å². The van der Waals surface area contributed by atoms with Gasteiger partial charge in [0.2, 0.25) is 0 Å². The molecule has 0 N–H and O–H groups in total. The van der Waals surface area contributed by atoms with Crippen LogP contribution >= 0.6 is 11.6 Å². The lowest BCUT2D eigenvalue weighted by atomic mass is 10.1. The molecule has 0 fully saturated rings. The van der Waals surface area contributed by atoms with Gasteiger partial charge in [0, 0.05) is 0 Å². The molecule has 84 valence electrons. The third-order valence-electron chi connectivity index (χ3n) is 1.91. The van der Waals surface area contributed by atoms with E-state index in [1.54, 1.807) is 6.92 Å². The van der Waals surface area contributed by atoms with Crippen LogP contribution in [0.2, 0.25) is 5.02 Å². The molecule has 4 nitrogen and oxygen atoms in total. The van der Waals surface area contributed by atoms with Gasteiger partial charge in [0.25, 0.3) is 0 Å². The van der Waals surface area contributed by atoms with Crippen molar-refractivity contribution in [3.8, 4) is 11.8 Å². The first-order chi connectivity index (χ1) is 7.65.